The average molecular weight is 257 g/mol. The molecule has 0 aliphatic rings. The number of hydrogen-bond donors (Lipinski definition) is 2. The number of hydrogen-bond acceptors (Lipinski definition) is 5. The Morgan fingerprint density at radius 1 is 1.32 bits per heavy atom. The smallest absolute Gasteiger partial charge is 0.258 e. The first-order valence-corrected chi connectivity index (χ1v) is 5.75. The Morgan fingerprint density at radius 2 is 2.00 bits per heavy atom. The van der Waals surface area contributed by atoms with E-state index in [1.165, 1.54) is 0 Å². The molecule has 0 fully saturated rings. The Labute approximate surface area is 111 Å². The SMILES string of the molecule is Cc1cc(C(=O)N(C)c2ccncc2)cc(NN)n1. The lowest BCUT2D eigenvalue weighted by Crippen LogP contribution is -2.26. The van der Waals surface area contributed by atoms with E-state index in [9.17, 15) is 4.79 Å². The predicted octanol–water partition coefficient (Wildman–Crippen LogP) is 1.35. The Bertz CT molecular complexity index is 585. The molecule has 6 heteroatoms. The zero-order valence-electron chi connectivity index (χ0n) is 10.8. The highest BCUT2D eigenvalue weighted by Gasteiger charge is 2.14. The molecule has 6 nitrogen and oxygen atoms in total. The van der Waals surface area contributed by atoms with Crippen LogP contribution in [-0.4, -0.2) is 22.9 Å². The maximum atomic E-state index is 12.4. The lowest BCUT2D eigenvalue weighted by Gasteiger charge is -2.17. The number of nitrogens with two attached hydrogens (primary N) is 1. The number of carbonyl (C=O) groups is 1. The van der Waals surface area contributed by atoms with Crippen molar-refractivity contribution in [2.75, 3.05) is 17.4 Å². The summed E-state index contributed by atoms with van der Waals surface area (Å²) in [5.74, 6) is 5.66. The van der Waals surface area contributed by atoms with Crippen LogP contribution in [0.15, 0.2) is 36.7 Å². The third-order valence-electron chi connectivity index (χ3n) is 2.70. The van der Waals surface area contributed by atoms with Crippen molar-refractivity contribution in [3.63, 3.8) is 0 Å². The molecule has 0 aliphatic carbocycles. The summed E-state index contributed by atoms with van der Waals surface area (Å²) < 4.78 is 0. The molecular weight excluding hydrogens is 242 g/mol. The minimum absolute atomic E-state index is 0.131. The molecule has 3 N–H and O–H groups in total. The van der Waals surface area contributed by atoms with Gasteiger partial charge in [0.25, 0.3) is 5.91 Å². The highest BCUT2D eigenvalue weighted by molar-refractivity contribution is 6.06. The van der Waals surface area contributed by atoms with Gasteiger partial charge in [0, 0.05) is 36.4 Å². The monoisotopic (exact) mass is 257 g/mol. The second-order valence-corrected chi connectivity index (χ2v) is 4.10. The molecule has 19 heavy (non-hydrogen) atoms. The fourth-order valence-corrected chi connectivity index (χ4v) is 1.74. The maximum absolute atomic E-state index is 12.4. The van der Waals surface area contributed by atoms with Crippen molar-refractivity contribution in [3.05, 3.63) is 47.9 Å². The van der Waals surface area contributed by atoms with E-state index in [2.05, 4.69) is 15.4 Å². The van der Waals surface area contributed by atoms with E-state index < -0.39 is 0 Å². The Hall–Kier alpha value is -2.47. The molecule has 2 aromatic heterocycles. The van der Waals surface area contributed by atoms with Gasteiger partial charge in [0.2, 0.25) is 0 Å². The fourth-order valence-electron chi connectivity index (χ4n) is 1.74. The van der Waals surface area contributed by atoms with Crippen molar-refractivity contribution >= 4 is 17.4 Å². The molecule has 0 atom stereocenters. The number of rotatable bonds is 3. The normalized spacial score (nSPS) is 10.1. The molecule has 1 amide bonds. The molecular formula is C13H15N5O. The lowest BCUT2D eigenvalue weighted by atomic mass is 10.2. The van der Waals surface area contributed by atoms with Crippen LogP contribution in [0.4, 0.5) is 11.5 Å². The predicted molar refractivity (Wildman–Crippen MR) is 73.8 cm³/mol. The minimum atomic E-state index is -0.131. The molecule has 0 saturated heterocycles. The summed E-state index contributed by atoms with van der Waals surface area (Å²) in [7, 11) is 1.71. The number of nitrogens with one attached hydrogen (secondary N) is 1. The van der Waals surface area contributed by atoms with Gasteiger partial charge in [0.05, 0.1) is 0 Å². The van der Waals surface area contributed by atoms with Crippen molar-refractivity contribution in [1.29, 1.82) is 0 Å². The summed E-state index contributed by atoms with van der Waals surface area (Å²) in [6, 6.07) is 6.88. The molecule has 0 aliphatic heterocycles. The number of hydrazine groups is 1. The molecule has 0 saturated carbocycles. The van der Waals surface area contributed by atoms with Crippen molar-refractivity contribution < 1.29 is 4.79 Å². The van der Waals surface area contributed by atoms with Gasteiger partial charge >= 0.3 is 0 Å². The third-order valence-corrected chi connectivity index (χ3v) is 2.70. The molecule has 2 rings (SSSR count). The largest absolute Gasteiger partial charge is 0.311 e. The molecule has 2 heterocycles. The third kappa shape index (κ3) is 2.86. The summed E-state index contributed by atoms with van der Waals surface area (Å²) in [6.07, 6.45) is 3.29. The highest BCUT2D eigenvalue weighted by atomic mass is 16.2. The molecule has 0 unspecified atom stereocenters. The number of aryl methyl sites for hydroxylation is 1. The van der Waals surface area contributed by atoms with Gasteiger partial charge in [-0.15, -0.1) is 0 Å². The standard InChI is InChI=1S/C13H15N5O/c1-9-7-10(8-12(16-9)17-14)13(19)18(2)11-3-5-15-6-4-11/h3-8H,14H2,1-2H3,(H,16,17). The van der Waals surface area contributed by atoms with E-state index in [0.29, 0.717) is 11.4 Å². The van der Waals surface area contributed by atoms with Crippen molar-refractivity contribution in [2.45, 2.75) is 6.92 Å². The van der Waals surface area contributed by atoms with E-state index >= 15 is 0 Å². The van der Waals surface area contributed by atoms with Gasteiger partial charge in [-0.05, 0) is 31.2 Å². The van der Waals surface area contributed by atoms with Crippen molar-refractivity contribution in [3.8, 4) is 0 Å². The first-order valence-electron chi connectivity index (χ1n) is 5.75. The summed E-state index contributed by atoms with van der Waals surface area (Å²) in [6.45, 7) is 1.81. The van der Waals surface area contributed by atoms with Crippen LogP contribution in [0.2, 0.25) is 0 Å². The van der Waals surface area contributed by atoms with Crippen LogP contribution < -0.4 is 16.2 Å². The summed E-state index contributed by atoms with van der Waals surface area (Å²) in [4.78, 5) is 22.0. The van der Waals surface area contributed by atoms with Gasteiger partial charge in [-0.1, -0.05) is 0 Å². The molecule has 0 spiro atoms. The van der Waals surface area contributed by atoms with Crippen LogP contribution in [0.3, 0.4) is 0 Å². The Kier molecular flexibility index (Phi) is 3.72. The van der Waals surface area contributed by atoms with E-state index in [-0.39, 0.29) is 5.91 Å². The second kappa shape index (κ2) is 5.45. The maximum Gasteiger partial charge on any atom is 0.258 e. The van der Waals surface area contributed by atoms with Crippen LogP contribution in [0.1, 0.15) is 16.1 Å². The van der Waals surface area contributed by atoms with E-state index in [0.717, 1.165) is 11.4 Å². The van der Waals surface area contributed by atoms with Crippen LogP contribution >= 0.6 is 0 Å². The zero-order chi connectivity index (χ0) is 13.8. The second-order valence-electron chi connectivity index (χ2n) is 4.10. The Balaban J connectivity index is 2.31. The molecule has 0 bridgehead atoms. The molecule has 0 radical (unpaired) electrons. The van der Waals surface area contributed by atoms with E-state index in [4.69, 9.17) is 5.84 Å². The Morgan fingerprint density at radius 3 is 2.63 bits per heavy atom. The number of carbonyl (C=O) groups excluding carboxylic acids is 1. The van der Waals surface area contributed by atoms with Crippen LogP contribution in [0, 0.1) is 6.92 Å². The van der Waals surface area contributed by atoms with Crippen LogP contribution in [0.5, 0.6) is 0 Å². The van der Waals surface area contributed by atoms with E-state index in [1.54, 1.807) is 48.6 Å². The first-order chi connectivity index (χ1) is 9.11. The fraction of sp³-hybridized carbons (Fsp3) is 0.154. The van der Waals surface area contributed by atoms with E-state index in [1.807, 2.05) is 6.92 Å². The molecule has 2 aromatic rings. The van der Waals surface area contributed by atoms with Gasteiger partial charge in [-0.3, -0.25) is 9.78 Å². The summed E-state index contributed by atoms with van der Waals surface area (Å²) in [5.41, 5.74) is 4.48. The molecule has 0 aromatic carbocycles. The lowest BCUT2D eigenvalue weighted by molar-refractivity contribution is 0.0993. The van der Waals surface area contributed by atoms with Crippen molar-refractivity contribution in [2.24, 2.45) is 5.84 Å². The minimum Gasteiger partial charge on any atom is -0.311 e. The quantitative estimate of drug-likeness (QED) is 0.640. The first kappa shape index (κ1) is 13.0. The number of amides is 1. The number of anilines is 2. The van der Waals surface area contributed by atoms with Crippen LogP contribution in [-0.2, 0) is 0 Å². The number of nitrogen functional groups attached to an aromatic ring is 1. The summed E-state index contributed by atoms with van der Waals surface area (Å²) >= 11 is 0. The van der Waals surface area contributed by atoms with Gasteiger partial charge in [0.15, 0.2) is 0 Å². The molecule has 98 valence electrons. The van der Waals surface area contributed by atoms with Crippen molar-refractivity contribution in [1.82, 2.24) is 9.97 Å². The highest BCUT2D eigenvalue weighted by Crippen LogP contribution is 2.16. The summed E-state index contributed by atoms with van der Waals surface area (Å²) in [5, 5.41) is 0. The number of pyridine rings is 2. The topological polar surface area (TPSA) is 84.1 Å². The average Bonchev–Trinajstić information content (AvgIpc) is 2.46. The number of aromatic nitrogens is 2. The zero-order valence-corrected chi connectivity index (χ0v) is 10.8. The van der Waals surface area contributed by atoms with Gasteiger partial charge < -0.3 is 10.3 Å². The van der Waals surface area contributed by atoms with Gasteiger partial charge in [-0.25, -0.2) is 10.8 Å². The van der Waals surface area contributed by atoms with Crippen LogP contribution in [0.25, 0.3) is 0 Å². The number of nitrogens with zero attached hydrogens (tertiary/aromatic N) is 3. The van der Waals surface area contributed by atoms with Gasteiger partial charge in [-0.2, -0.15) is 0 Å². The van der Waals surface area contributed by atoms with Gasteiger partial charge in [0.1, 0.15) is 5.82 Å².